The SMILES string of the molecule is Cc1cc(C)n(CCC(=O)N2CCCC[C@@H]2CCc2ccccc2)c(=O)n1. The first-order valence-electron chi connectivity index (χ1n) is 9.93. The zero-order valence-electron chi connectivity index (χ0n) is 16.4. The van der Waals surface area contributed by atoms with Gasteiger partial charge in [-0.25, -0.2) is 4.79 Å². The molecule has 2 aromatic rings. The first-order chi connectivity index (χ1) is 13.0. The third kappa shape index (κ3) is 5.06. The number of benzene rings is 1. The molecule has 0 saturated carbocycles. The summed E-state index contributed by atoms with van der Waals surface area (Å²) in [5.74, 6) is 0.152. The summed E-state index contributed by atoms with van der Waals surface area (Å²) in [6.07, 6.45) is 5.68. The molecule has 1 aliphatic rings. The van der Waals surface area contributed by atoms with Gasteiger partial charge < -0.3 is 4.90 Å². The number of rotatable bonds is 6. The van der Waals surface area contributed by atoms with Gasteiger partial charge in [0.15, 0.2) is 0 Å². The smallest absolute Gasteiger partial charge is 0.340 e. The van der Waals surface area contributed by atoms with Crippen LogP contribution in [0, 0.1) is 13.8 Å². The van der Waals surface area contributed by atoms with Crippen molar-refractivity contribution in [2.75, 3.05) is 6.54 Å². The Morgan fingerprint density at radius 1 is 1.19 bits per heavy atom. The molecule has 3 rings (SSSR count). The molecule has 1 amide bonds. The van der Waals surface area contributed by atoms with E-state index in [1.54, 1.807) is 4.57 Å². The number of carbonyl (C=O) groups excluding carboxylic acids is 1. The van der Waals surface area contributed by atoms with Crippen molar-refractivity contribution in [1.29, 1.82) is 0 Å². The molecule has 1 saturated heterocycles. The summed E-state index contributed by atoms with van der Waals surface area (Å²) in [7, 11) is 0. The third-order valence-electron chi connectivity index (χ3n) is 5.45. The van der Waals surface area contributed by atoms with Crippen LogP contribution >= 0.6 is 0 Å². The van der Waals surface area contributed by atoms with Gasteiger partial charge in [-0.05, 0) is 57.6 Å². The molecule has 0 aliphatic carbocycles. The van der Waals surface area contributed by atoms with E-state index in [1.807, 2.05) is 26.0 Å². The Bertz CT molecular complexity index is 829. The second-order valence-electron chi connectivity index (χ2n) is 7.48. The number of piperidine rings is 1. The predicted octanol–water partition coefficient (Wildman–Crippen LogP) is 3.26. The fraction of sp³-hybridized carbons (Fsp3) is 0.500. The average molecular weight is 367 g/mol. The minimum Gasteiger partial charge on any atom is -0.340 e. The van der Waals surface area contributed by atoms with Crippen LogP contribution in [0.3, 0.4) is 0 Å². The molecular formula is C22H29N3O2. The summed E-state index contributed by atoms with van der Waals surface area (Å²) in [5.41, 5.74) is 2.64. The lowest BCUT2D eigenvalue weighted by Crippen LogP contribution is -2.44. The molecule has 1 aromatic carbocycles. The van der Waals surface area contributed by atoms with Gasteiger partial charge in [0, 0.05) is 36.9 Å². The van der Waals surface area contributed by atoms with Gasteiger partial charge >= 0.3 is 5.69 Å². The van der Waals surface area contributed by atoms with Crippen LogP contribution in [0.15, 0.2) is 41.2 Å². The molecule has 1 fully saturated rings. The van der Waals surface area contributed by atoms with Crippen molar-refractivity contribution in [3.63, 3.8) is 0 Å². The molecule has 0 bridgehead atoms. The molecule has 0 spiro atoms. The van der Waals surface area contributed by atoms with Crippen molar-refractivity contribution >= 4 is 5.91 Å². The summed E-state index contributed by atoms with van der Waals surface area (Å²) in [4.78, 5) is 31.0. The van der Waals surface area contributed by atoms with Crippen LogP contribution in [0.25, 0.3) is 0 Å². The summed E-state index contributed by atoms with van der Waals surface area (Å²) < 4.78 is 1.60. The third-order valence-corrected chi connectivity index (χ3v) is 5.45. The zero-order valence-corrected chi connectivity index (χ0v) is 16.4. The highest BCUT2D eigenvalue weighted by atomic mass is 16.2. The maximum Gasteiger partial charge on any atom is 0.347 e. The van der Waals surface area contributed by atoms with Crippen molar-refractivity contribution in [2.24, 2.45) is 0 Å². The van der Waals surface area contributed by atoms with Crippen molar-refractivity contribution in [1.82, 2.24) is 14.5 Å². The number of aryl methyl sites for hydroxylation is 3. The van der Waals surface area contributed by atoms with Gasteiger partial charge in [-0.3, -0.25) is 9.36 Å². The summed E-state index contributed by atoms with van der Waals surface area (Å²) in [6, 6.07) is 12.6. The molecule has 0 N–H and O–H groups in total. The summed E-state index contributed by atoms with van der Waals surface area (Å²) in [6.45, 7) is 4.94. The highest BCUT2D eigenvalue weighted by Crippen LogP contribution is 2.22. The van der Waals surface area contributed by atoms with Crippen LogP contribution in [-0.4, -0.2) is 32.9 Å². The fourth-order valence-electron chi connectivity index (χ4n) is 4.00. The summed E-state index contributed by atoms with van der Waals surface area (Å²) in [5, 5.41) is 0. The minimum absolute atomic E-state index is 0.152. The summed E-state index contributed by atoms with van der Waals surface area (Å²) >= 11 is 0. The standard InChI is InChI=1S/C22H29N3O2/c1-17-16-18(2)24(22(27)23-17)15-13-21(26)25-14-7-6-10-20(25)12-11-19-8-4-3-5-9-19/h3-5,8-9,16,20H,6-7,10-15H2,1-2H3/t20-/m1/s1. The molecule has 5 nitrogen and oxygen atoms in total. The number of hydrogen-bond acceptors (Lipinski definition) is 3. The molecule has 2 heterocycles. The molecular weight excluding hydrogens is 338 g/mol. The highest BCUT2D eigenvalue weighted by molar-refractivity contribution is 5.76. The van der Waals surface area contributed by atoms with Crippen LogP contribution in [0.2, 0.25) is 0 Å². The molecule has 5 heteroatoms. The molecule has 1 atom stereocenters. The number of likely N-dealkylation sites (tertiary alicyclic amines) is 1. The molecule has 1 aromatic heterocycles. The maximum atomic E-state index is 12.9. The molecule has 0 radical (unpaired) electrons. The van der Waals surface area contributed by atoms with Gasteiger partial charge in [0.05, 0.1) is 0 Å². The van der Waals surface area contributed by atoms with E-state index in [-0.39, 0.29) is 11.6 Å². The van der Waals surface area contributed by atoms with Gasteiger partial charge in [0.1, 0.15) is 0 Å². The maximum absolute atomic E-state index is 12.9. The predicted molar refractivity (Wildman–Crippen MR) is 107 cm³/mol. The lowest BCUT2D eigenvalue weighted by Gasteiger charge is -2.36. The Morgan fingerprint density at radius 2 is 1.96 bits per heavy atom. The van der Waals surface area contributed by atoms with Crippen molar-refractivity contribution in [2.45, 2.75) is 65.0 Å². The van der Waals surface area contributed by atoms with Crippen LogP contribution in [0.5, 0.6) is 0 Å². The fourth-order valence-corrected chi connectivity index (χ4v) is 4.00. The second kappa shape index (κ2) is 8.98. The van der Waals surface area contributed by atoms with E-state index in [4.69, 9.17) is 0 Å². The number of hydrogen-bond donors (Lipinski definition) is 0. The number of amides is 1. The van der Waals surface area contributed by atoms with Crippen LogP contribution in [0.4, 0.5) is 0 Å². The minimum atomic E-state index is -0.264. The van der Waals surface area contributed by atoms with E-state index in [9.17, 15) is 9.59 Å². The van der Waals surface area contributed by atoms with Crippen molar-refractivity contribution in [3.8, 4) is 0 Å². The van der Waals surface area contributed by atoms with E-state index in [1.165, 1.54) is 12.0 Å². The Balaban J connectivity index is 1.61. The van der Waals surface area contributed by atoms with Gasteiger partial charge in [-0.2, -0.15) is 4.98 Å². The second-order valence-corrected chi connectivity index (χ2v) is 7.48. The topological polar surface area (TPSA) is 55.2 Å². The lowest BCUT2D eigenvalue weighted by molar-refractivity contribution is -0.135. The quantitative estimate of drug-likeness (QED) is 0.787. The van der Waals surface area contributed by atoms with Crippen LogP contribution in [-0.2, 0) is 17.8 Å². The van der Waals surface area contributed by atoms with E-state index in [2.05, 4.69) is 34.1 Å². The van der Waals surface area contributed by atoms with Crippen molar-refractivity contribution < 1.29 is 4.79 Å². The van der Waals surface area contributed by atoms with Crippen LogP contribution < -0.4 is 5.69 Å². The highest BCUT2D eigenvalue weighted by Gasteiger charge is 2.26. The number of nitrogens with zero attached hydrogens (tertiary/aromatic N) is 3. The first-order valence-corrected chi connectivity index (χ1v) is 9.93. The Labute approximate surface area is 161 Å². The first kappa shape index (κ1) is 19.3. The van der Waals surface area contributed by atoms with Gasteiger partial charge in [-0.1, -0.05) is 30.3 Å². The van der Waals surface area contributed by atoms with E-state index in [0.717, 1.165) is 43.6 Å². The van der Waals surface area contributed by atoms with Gasteiger partial charge in [0.2, 0.25) is 5.91 Å². The van der Waals surface area contributed by atoms with E-state index < -0.39 is 0 Å². The monoisotopic (exact) mass is 367 g/mol. The Hall–Kier alpha value is -2.43. The normalized spacial score (nSPS) is 17.1. The van der Waals surface area contributed by atoms with E-state index in [0.29, 0.717) is 19.0 Å². The van der Waals surface area contributed by atoms with Gasteiger partial charge in [0.25, 0.3) is 0 Å². The number of aromatic nitrogens is 2. The number of carbonyl (C=O) groups is 1. The molecule has 1 aliphatic heterocycles. The molecule has 0 unspecified atom stereocenters. The Kier molecular flexibility index (Phi) is 6.43. The molecule has 27 heavy (non-hydrogen) atoms. The van der Waals surface area contributed by atoms with Crippen LogP contribution in [0.1, 0.15) is 49.1 Å². The van der Waals surface area contributed by atoms with Gasteiger partial charge in [-0.15, -0.1) is 0 Å². The zero-order chi connectivity index (χ0) is 19.2. The van der Waals surface area contributed by atoms with E-state index >= 15 is 0 Å². The Morgan fingerprint density at radius 3 is 2.70 bits per heavy atom. The van der Waals surface area contributed by atoms with Crippen molar-refractivity contribution in [3.05, 3.63) is 63.8 Å². The largest absolute Gasteiger partial charge is 0.347 e. The molecule has 144 valence electrons. The lowest BCUT2D eigenvalue weighted by atomic mass is 9.95. The average Bonchev–Trinajstić information content (AvgIpc) is 2.66.